The van der Waals surface area contributed by atoms with E-state index >= 15 is 0 Å². The SMILES string of the molecule is CCN1CCC[C@H](NCc2cc(OC)ccc2OC)[C@@H]1c1cccc(F)c1. The van der Waals surface area contributed by atoms with Crippen molar-refractivity contribution in [1.29, 1.82) is 0 Å². The van der Waals surface area contributed by atoms with Crippen molar-refractivity contribution in [2.24, 2.45) is 0 Å². The van der Waals surface area contributed by atoms with Crippen LogP contribution < -0.4 is 14.8 Å². The van der Waals surface area contributed by atoms with Crippen LogP contribution in [0.1, 0.15) is 36.9 Å². The molecule has 2 aromatic carbocycles. The minimum absolute atomic E-state index is 0.163. The van der Waals surface area contributed by atoms with Gasteiger partial charge in [-0.3, -0.25) is 4.90 Å². The van der Waals surface area contributed by atoms with E-state index in [1.165, 1.54) is 6.07 Å². The molecule has 1 aliphatic rings. The molecule has 0 unspecified atom stereocenters. The van der Waals surface area contributed by atoms with Crippen molar-refractivity contribution in [3.63, 3.8) is 0 Å². The molecule has 3 rings (SSSR count). The first kappa shape index (κ1) is 19.6. The van der Waals surface area contributed by atoms with Gasteiger partial charge >= 0.3 is 0 Å². The Kier molecular flexibility index (Phi) is 6.69. The number of hydrogen-bond acceptors (Lipinski definition) is 4. The van der Waals surface area contributed by atoms with Gasteiger partial charge in [0, 0.05) is 18.2 Å². The van der Waals surface area contributed by atoms with Gasteiger partial charge in [-0.05, 0) is 61.8 Å². The zero-order valence-corrected chi connectivity index (χ0v) is 16.4. The quantitative estimate of drug-likeness (QED) is 0.791. The lowest BCUT2D eigenvalue weighted by molar-refractivity contribution is 0.117. The lowest BCUT2D eigenvalue weighted by atomic mass is 9.90. The first-order chi connectivity index (χ1) is 13.2. The summed E-state index contributed by atoms with van der Waals surface area (Å²) >= 11 is 0. The lowest BCUT2D eigenvalue weighted by Gasteiger charge is -2.41. The van der Waals surface area contributed by atoms with E-state index in [1.54, 1.807) is 26.4 Å². The third kappa shape index (κ3) is 4.60. The highest BCUT2D eigenvalue weighted by Gasteiger charge is 2.31. The van der Waals surface area contributed by atoms with Gasteiger partial charge in [-0.2, -0.15) is 0 Å². The molecule has 1 saturated heterocycles. The normalized spacial score (nSPS) is 20.4. The van der Waals surface area contributed by atoms with Crippen LogP contribution in [0.2, 0.25) is 0 Å². The van der Waals surface area contributed by atoms with Crippen molar-refractivity contribution in [3.8, 4) is 11.5 Å². The first-order valence-corrected chi connectivity index (χ1v) is 9.60. The Morgan fingerprint density at radius 3 is 2.70 bits per heavy atom. The van der Waals surface area contributed by atoms with E-state index in [9.17, 15) is 4.39 Å². The summed E-state index contributed by atoms with van der Waals surface area (Å²) in [5.74, 6) is 1.48. The van der Waals surface area contributed by atoms with Gasteiger partial charge in [-0.1, -0.05) is 19.1 Å². The molecule has 4 nitrogen and oxygen atoms in total. The van der Waals surface area contributed by atoms with Gasteiger partial charge in [-0.25, -0.2) is 4.39 Å². The summed E-state index contributed by atoms with van der Waals surface area (Å²) in [4.78, 5) is 2.43. The zero-order chi connectivity index (χ0) is 19.2. The number of nitrogens with zero attached hydrogens (tertiary/aromatic N) is 1. The van der Waals surface area contributed by atoms with Crippen LogP contribution in [0.25, 0.3) is 0 Å². The van der Waals surface area contributed by atoms with E-state index in [1.807, 2.05) is 24.3 Å². The molecular formula is C22H29FN2O2. The van der Waals surface area contributed by atoms with Gasteiger partial charge in [0.1, 0.15) is 17.3 Å². The number of piperidine rings is 1. The summed E-state index contributed by atoms with van der Waals surface area (Å²) in [6, 6.07) is 13.2. The van der Waals surface area contributed by atoms with Crippen molar-refractivity contribution < 1.29 is 13.9 Å². The molecule has 2 aromatic rings. The molecule has 2 atom stereocenters. The summed E-state index contributed by atoms with van der Waals surface area (Å²) in [6.45, 7) is 4.83. The Bertz CT molecular complexity index is 753. The van der Waals surface area contributed by atoms with Gasteiger partial charge < -0.3 is 14.8 Å². The standard InChI is InChI=1S/C22H29FN2O2/c1-4-25-12-6-9-20(22(25)16-7-5-8-18(23)13-16)24-15-17-14-19(26-2)10-11-21(17)27-3/h5,7-8,10-11,13-14,20,22,24H,4,6,9,12,15H2,1-3H3/t20-,22-/m0/s1. The third-order valence-corrected chi connectivity index (χ3v) is 5.37. The molecule has 27 heavy (non-hydrogen) atoms. The number of ether oxygens (including phenoxy) is 2. The van der Waals surface area contributed by atoms with Crippen LogP contribution in [0.3, 0.4) is 0 Å². The second-order valence-corrected chi connectivity index (χ2v) is 6.94. The summed E-state index contributed by atoms with van der Waals surface area (Å²) in [7, 11) is 3.35. The second kappa shape index (κ2) is 9.20. The highest BCUT2D eigenvalue weighted by Crippen LogP contribution is 2.32. The number of likely N-dealkylation sites (N-methyl/N-ethyl adjacent to an activating group) is 1. The monoisotopic (exact) mass is 372 g/mol. The number of benzene rings is 2. The van der Waals surface area contributed by atoms with E-state index in [0.717, 1.165) is 48.6 Å². The number of rotatable bonds is 7. The predicted molar refractivity (Wildman–Crippen MR) is 106 cm³/mol. The van der Waals surface area contributed by atoms with E-state index < -0.39 is 0 Å². The highest BCUT2D eigenvalue weighted by atomic mass is 19.1. The van der Waals surface area contributed by atoms with Gasteiger partial charge in [0.05, 0.1) is 20.3 Å². The molecule has 1 heterocycles. The van der Waals surface area contributed by atoms with Crippen LogP contribution in [-0.2, 0) is 6.54 Å². The Hall–Kier alpha value is -2.11. The fourth-order valence-corrected chi connectivity index (χ4v) is 4.03. The number of methoxy groups -OCH3 is 2. The molecule has 0 aliphatic carbocycles. The van der Waals surface area contributed by atoms with E-state index in [4.69, 9.17) is 9.47 Å². The van der Waals surface area contributed by atoms with Crippen molar-refractivity contribution >= 4 is 0 Å². The highest BCUT2D eigenvalue weighted by molar-refractivity contribution is 5.40. The van der Waals surface area contributed by atoms with E-state index in [-0.39, 0.29) is 17.9 Å². The molecule has 0 bridgehead atoms. The fourth-order valence-electron chi connectivity index (χ4n) is 4.03. The molecular weight excluding hydrogens is 343 g/mol. The fraction of sp³-hybridized carbons (Fsp3) is 0.455. The average molecular weight is 372 g/mol. The molecule has 0 aromatic heterocycles. The Balaban J connectivity index is 1.81. The molecule has 1 aliphatic heterocycles. The van der Waals surface area contributed by atoms with Crippen LogP contribution in [0.5, 0.6) is 11.5 Å². The molecule has 1 N–H and O–H groups in total. The molecule has 0 amide bonds. The van der Waals surface area contributed by atoms with Crippen LogP contribution >= 0.6 is 0 Å². The molecule has 0 saturated carbocycles. The summed E-state index contributed by atoms with van der Waals surface area (Å²) in [5.41, 5.74) is 2.09. The van der Waals surface area contributed by atoms with E-state index in [0.29, 0.717) is 6.54 Å². The summed E-state index contributed by atoms with van der Waals surface area (Å²) < 4.78 is 24.7. The molecule has 5 heteroatoms. The Morgan fingerprint density at radius 2 is 2.00 bits per heavy atom. The van der Waals surface area contributed by atoms with Crippen LogP contribution in [0.15, 0.2) is 42.5 Å². The van der Waals surface area contributed by atoms with Gasteiger partial charge in [-0.15, -0.1) is 0 Å². The second-order valence-electron chi connectivity index (χ2n) is 6.94. The Labute approximate surface area is 161 Å². The third-order valence-electron chi connectivity index (χ3n) is 5.37. The zero-order valence-electron chi connectivity index (χ0n) is 16.4. The van der Waals surface area contributed by atoms with Gasteiger partial charge in [0.25, 0.3) is 0 Å². The molecule has 0 radical (unpaired) electrons. The van der Waals surface area contributed by atoms with Gasteiger partial charge in [0.2, 0.25) is 0 Å². The van der Waals surface area contributed by atoms with Crippen LogP contribution in [0.4, 0.5) is 4.39 Å². The number of halogens is 1. The summed E-state index contributed by atoms with van der Waals surface area (Å²) in [6.07, 6.45) is 2.19. The molecule has 0 spiro atoms. The minimum atomic E-state index is -0.178. The maximum Gasteiger partial charge on any atom is 0.123 e. The van der Waals surface area contributed by atoms with Crippen LogP contribution in [-0.4, -0.2) is 38.3 Å². The topological polar surface area (TPSA) is 33.7 Å². The van der Waals surface area contributed by atoms with Crippen molar-refractivity contribution in [1.82, 2.24) is 10.2 Å². The lowest BCUT2D eigenvalue weighted by Crippen LogP contribution is -2.48. The van der Waals surface area contributed by atoms with Crippen LogP contribution in [0, 0.1) is 5.82 Å². The van der Waals surface area contributed by atoms with Crippen molar-refractivity contribution in [2.45, 2.75) is 38.4 Å². The Morgan fingerprint density at radius 1 is 1.15 bits per heavy atom. The average Bonchev–Trinajstić information content (AvgIpc) is 2.71. The largest absolute Gasteiger partial charge is 0.497 e. The first-order valence-electron chi connectivity index (χ1n) is 9.60. The number of nitrogens with one attached hydrogen (secondary N) is 1. The predicted octanol–water partition coefficient (Wildman–Crippen LogP) is 4.16. The van der Waals surface area contributed by atoms with Crippen molar-refractivity contribution in [2.75, 3.05) is 27.3 Å². The molecule has 1 fully saturated rings. The summed E-state index contributed by atoms with van der Waals surface area (Å²) in [5, 5.41) is 3.70. The maximum absolute atomic E-state index is 13.8. The molecule has 146 valence electrons. The van der Waals surface area contributed by atoms with Crippen molar-refractivity contribution in [3.05, 3.63) is 59.4 Å². The number of hydrogen-bond donors (Lipinski definition) is 1. The number of likely N-dealkylation sites (tertiary alicyclic amines) is 1. The van der Waals surface area contributed by atoms with Gasteiger partial charge in [0.15, 0.2) is 0 Å². The smallest absolute Gasteiger partial charge is 0.123 e. The maximum atomic E-state index is 13.8. The van der Waals surface area contributed by atoms with E-state index in [2.05, 4.69) is 17.1 Å². The minimum Gasteiger partial charge on any atom is -0.497 e.